The van der Waals surface area contributed by atoms with Crippen LogP contribution in [0, 0.1) is 0 Å². The van der Waals surface area contributed by atoms with Gasteiger partial charge < -0.3 is 5.73 Å². The molecule has 0 saturated heterocycles. The smallest absolute Gasteiger partial charge is 0.221 e. The Morgan fingerprint density at radius 3 is 1.70 bits per heavy atom. The molecule has 0 radical (unpaired) electrons. The van der Waals surface area contributed by atoms with Crippen molar-refractivity contribution in [2.75, 3.05) is 5.73 Å². The van der Waals surface area contributed by atoms with Crippen LogP contribution in [0.1, 0.15) is 27.7 Å². The van der Waals surface area contributed by atoms with Crippen molar-refractivity contribution in [3.05, 3.63) is 72.9 Å². The first-order valence-corrected chi connectivity index (χ1v) is 9.36. The number of pyridine rings is 1. The van der Waals surface area contributed by atoms with Crippen LogP contribution in [0.25, 0.3) is 33.4 Å². The number of nitrogens with zero attached hydrogens (tertiary/aromatic N) is 3. The number of aromatic nitrogens is 3. The third-order valence-electron chi connectivity index (χ3n) is 3.73. The summed E-state index contributed by atoms with van der Waals surface area (Å²) in [6, 6.07) is 21.9. The van der Waals surface area contributed by atoms with Crippen molar-refractivity contribution in [3.63, 3.8) is 0 Å². The van der Waals surface area contributed by atoms with Crippen LogP contribution in [0.15, 0.2) is 72.9 Å². The summed E-state index contributed by atoms with van der Waals surface area (Å²) in [7, 11) is 0. The minimum absolute atomic E-state index is 0.251. The van der Waals surface area contributed by atoms with Crippen LogP contribution in [0.5, 0.6) is 0 Å². The molecular formula is C23H26N4. The number of nitrogens with two attached hydrogens (primary N) is 1. The van der Waals surface area contributed by atoms with E-state index in [1.54, 1.807) is 6.20 Å². The van der Waals surface area contributed by atoms with Gasteiger partial charge in [0.1, 0.15) is 5.52 Å². The predicted octanol–water partition coefficient (Wildman–Crippen LogP) is 5.99. The fraction of sp³-hybridized carbons (Fsp3) is 0.174. The lowest BCUT2D eigenvalue weighted by Crippen LogP contribution is -2.00. The molecule has 4 rings (SSSR count). The van der Waals surface area contributed by atoms with Gasteiger partial charge in [-0.05, 0) is 6.07 Å². The lowest BCUT2D eigenvalue weighted by molar-refractivity contribution is 1.22. The minimum Gasteiger partial charge on any atom is -0.368 e. The summed E-state index contributed by atoms with van der Waals surface area (Å²) in [5.74, 6) is 0.251. The van der Waals surface area contributed by atoms with Gasteiger partial charge in [0.2, 0.25) is 5.95 Å². The first kappa shape index (κ1) is 20.0. The van der Waals surface area contributed by atoms with E-state index in [-0.39, 0.29) is 5.95 Å². The van der Waals surface area contributed by atoms with Gasteiger partial charge in [-0.3, -0.25) is 4.98 Å². The van der Waals surface area contributed by atoms with Crippen LogP contribution >= 0.6 is 0 Å². The third kappa shape index (κ3) is 4.47. The number of hydrogen-bond acceptors (Lipinski definition) is 4. The Bertz CT molecular complexity index is 967. The quantitative estimate of drug-likeness (QED) is 0.478. The molecule has 138 valence electrons. The highest BCUT2D eigenvalue weighted by molar-refractivity contribution is 5.99. The zero-order valence-electron chi connectivity index (χ0n) is 16.3. The highest BCUT2D eigenvalue weighted by Crippen LogP contribution is 2.31. The Morgan fingerprint density at radius 2 is 1.15 bits per heavy atom. The highest BCUT2D eigenvalue weighted by atomic mass is 15.0. The van der Waals surface area contributed by atoms with Crippen LogP contribution < -0.4 is 5.73 Å². The molecule has 2 heterocycles. The zero-order chi connectivity index (χ0) is 19.6. The normalized spacial score (nSPS) is 9.63. The predicted molar refractivity (Wildman–Crippen MR) is 115 cm³/mol. The van der Waals surface area contributed by atoms with Crippen molar-refractivity contribution in [2.24, 2.45) is 0 Å². The summed E-state index contributed by atoms with van der Waals surface area (Å²) >= 11 is 0. The molecule has 2 aromatic carbocycles. The maximum absolute atomic E-state index is 5.96. The van der Waals surface area contributed by atoms with Crippen molar-refractivity contribution in [1.29, 1.82) is 0 Å². The molecule has 0 spiro atoms. The fourth-order valence-electron chi connectivity index (χ4n) is 2.70. The lowest BCUT2D eigenvalue weighted by atomic mass is 10.0. The first-order valence-electron chi connectivity index (χ1n) is 9.36. The van der Waals surface area contributed by atoms with E-state index >= 15 is 0 Å². The van der Waals surface area contributed by atoms with Gasteiger partial charge in [-0.15, -0.1) is 0 Å². The third-order valence-corrected chi connectivity index (χ3v) is 3.73. The van der Waals surface area contributed by atoms with Crippen molar-refractivity contribution in [2.45, 2.75) is 27.7 Å². The number of anilines is 1. The molecule has 0 atom stereocenters. The number of fused-ring (bicyclic) bond motifs is 1. The van der Waals surface area contributed by atoms with Crippen LogP contribution in [-0.4, -0.2) is 15.0 Å². The Hall–Kier alpha value is -3.27. The number of rotatable bonds is 2. The molecule has 4 nitrogen and oxygen atoms in total. The molecule has 0 aliphatic heterocycles. The summed E-state index contributed by atoms with van der Waals surface area (Å²) in [5, 5.41) is 0.944. The average molecular weight is 358 g/mol. The molecule has 2 aromatic heterocycles. The second-order valence-electron chi connectivity index (χ2n) is 5.22. The summed E-state index contributed by atoms with van der Waals surface area (Å²) in [6.07, 6.45) is 1.79. The van der Waals surface area contributed by atoms with Crippen LogP contribution in [-0.2, 0) is 0 Å². The zero-order valence-corrected chi connectivity index (χ0v) is 16.3. The van der Waals surface area contributed by atoms with Crippen LogP contribution in [0.4, 0.5) is 5.95 Å². The fourth-order valence-corrected chi connectivity index (χ4v) is 2.70. The van der Waals surface area contributed by atoms with E-state index in [1.165, 1.54) is 0 Å². The molecule has 4 heteroatoms. The maximum atomic E-state index is 5.96. The average Bonchev–Trinajstić information content (AvgIpc) is 2.77. The van der Waals surface area contributed by atoms with Crippen molar-refractivity contribution in [3.8, 4) is 22.5 Å². The van der Waals surface area contributed by atoms with Gasteiger partial charge in [-0.2, -0.15) is 0 Å². The van der Waals surface area contributed by atoms with Crippen LogP contribution in [0.2, 0.25) is 0 Å². The van der Waals surface area contributed by atoms with Crippen molar-refractivity contribution >= 4 is 16.9 Å². The molecule has 27 heavy (non-hydrogen) atoms. The molecule has 0 bridgehead atoms. The summed E-state index contributed by atoms with van der Waals surface area (Å²) in [5.41, 5.74) is 10.4. The van der Waals surface area contributed by atoms with E-state index in [4.69, 9.17) is 5.73 Å². The van der Waals surface area contributed by atoms with Crippen molar-refractivity contribution < 1.29 is 0 Å². The molecule has 0 aliphatic rings. The Morgan fingerprint density at radius 1 is 0.630 bits per heavy atom. The molecule has 0 unspecified atom stereocenters. The topological polar surface area (TPSA) is 64.7 Å². The highest BCUT2D eigenvalue weighted by Gasteiger charge is 2.13. The molecule has 4 aromatic rings. The second kappa shape index (κ2) is 10.0. The Balaban J connectivity index is 0.000000614. The molecule has 0 aliphatic carbocycles. The van der Waals surface area contributed by atoms with E-state index in [2.05, 4.69) is 15.0 Å². The number of nitrogen functional groups attached to an aromatic ring is 1. The standard InChI is InChI=1S/C19H14N4.2C2H6/c20-19-22-16(13-7-3-1-4-8-13)15-11-12-21-17(18(15)23-19)14-9-5-2-6-10-14;2*1-2/h1-12H,(H2,20,22,23);2*1-2H3. The van der Waals surface area contributed by atoms with E-state index in [0.29, 0.717) is 0 Å². The maximum Gasteiger partial charge on any atom is 0.221 e. The Kier molecular flexibility index (Phi) is 7.44. The summed E-state index contributed by atoms with van der Waals surface area (Å²) in [6.45, 7) is 8.00. The van der Waals surface area contributed by atoms with E-state index in [1.807, 2.05) is 94.4 Å². The second-order valence-corrected chi connectivity index (χ2v) is 5.22. The van der Waals surface area contributed by atoms with Crippen molar-refractivity contribution in [1.82, 2.24) is 15.0 Å². The summed E-state index contributed by atoms with van der Waals surface area (Å²) < 4.78 is 0. The van der Waals surface area contributed by atoms with Gasteiger partial charge in [-0.1, -0.05) is 88.4 Å². The molecule has 2 N–H and O–H groups in total. The lowest BCUT2D eigenvalue weighted by Gasteiger charge is -2.10. The van der Waals surface area contributed by atoms with E-state index in [0.717, 1.165) is 33.4 Å². The Labute approximate surface area is 161 Å². The minimum atomic E-state index is 0.251. The molecule has 0 fully saturated rings. The molecule has 0 saturated carbocycles. The van der Waals surface area contributed by atoms with Gasteiger partial charge in [0, 0.05) is 22.7 Å². The van der Waals surface area contributed by atoms with Gasteiger partial charge in [0.25, 0.3) is 0 Å². The van der Waals surface area contributed by atoms with E-state index < -0.39 is 0 Å². The van der Waals surface area contributed by atoms with Crippen LogP contribution in [0.3, 0.4) is 0 Å². The van der Waals surface area contributed by atoms with E-state index in [9.17, 15) is 0 Å². The van der Waals surface area contributed by atoms with Gasteiger partial charge in [0.15, 0.2) is 0 Å². The first-order chi connectivity index (χ1) is 13.3. The summed E-state index contributed by atoms with van der Waals surface area (Å²) in [4.78, 5) is 13.4. The molecule has 0 amide bonds. The van der Waals surface area contributed by atoms with Gasteiger partial charge >= 0.3 is 0 Å². The SMILES string of the molecule is CC.CC.Nc1nc(-c2ccccc2)c2ccnc(-c3ccccc3)c2n1. The monoisotopic (exact) mass is 358 g/mol. The largest absolute Gasteiger partial charge is 0.368 e. The van der Waals surface area contributed by atoms with Gasteiger partial charge in [-0.25, -0.2) is 9.97 Å². The number of hydrogen-bond donors (Lipinski definition) is 1. The number of benzene rings is 2. The van der Waals surface area contributed by atoms with Gasteiger partial charge in [0.05, 0.1) is 11.4 Å². The molecular weight excluding hydrogens is 332 g/mol.